The van der Waals surface area contributed by atoms with E-state index in [2.05, 4.69) is 68.4 Å². The molecule has 0 saturated carbocycles. The van der Waals surface area contributed by atoms with E-state index in [1.165, 1.54) is 51.4 Å². The van der Waals surface area contributed by atoms with Crippen molar-refractivity contribution in [2.45, 2.75) is 123 Å². The molecule has 6 heteroatoms. The first-order valence-corrected chi connectivity index (χ1v) is 17.2. The molecule has 0 spiro atoms. The Bertz CT molecular complexity index is 1380. The minimum atomic E-state index is -1.29. The highest BCUT2D eigenvalue weighted by Gasteiger charge is 2.48. The molecule has 4 rings (SSSR count). The van der Waals surface area contributed by atoms with Crippen LogP contribution in [0.3, 0.4) is 0 Å². The minimum absolute atomic E-state index is 0.187. The SMILES string of the molecule is CCCCCCCCCCCCn1nnc(C(C(=O)Nc2c(C(C)C)cccc2C(C)C)(c2ccccc2)c2ccccc2)n1. The molecule has 1 heterocycles. The molecule has 0 aliphatic carbocycles. The Kier molecular flexibility index (Phi) is 12.9. The lowest BCUT2D eigenvalue weighted by Crippen LogP contribution is -2.44. The lowest BCUT2D eigenvalue weighted by molar-refractivity contribution is -0.119. The van der Waals surface area contributed by atoms with E-state index in [0.717, 1.165) is 40.8 Å². The third-order valence-electron chi connectivity index (χ3n) is 8.87. The van der Waals surface area contributed by atoms with Gasteiger partial charge in [0.2, 0.25) is 5.91 Å². The molecule has 240 valence electrons. The van der Waals surface area contributed by atoms with Crippen LogP contribution in [0, 0.1) is 0 Å². The Labute approximate surface area is 271 Å². The number of benzene rings is 3. The smallest absolute Gasteiger partial charge is 0.247 e. The third-order valence-corrected chi connectivity index (χ3v) is 8.87. The Balaban J connectivity index is 1.64. The van der Waals surface area contributed by atoms with Crippen LogP contribution in [0.15, 0.2) is 78.9 Å². The summed E-state index contributed by atoms with van der Waals surface area (Å²) in [5.41, 5.74) is 3.42. The van der Waals surface area contributed by atoms with E-state index in [-0.39, 0.29) is 17.7 Å². The number of nitrogens with zero attached hydrogens (tertiary/aromatic N) is 4. The van der Waals surface area contributed by atoms with Crippen LogP contribution in [0.1, 0.15) is 139 Å². The standard InChI is InChI=1S/C39H53N5O/c1-6-7-8-9-10-11-12-13-14-21-29-44-42-37(41-43-44)39(32-23-17-15-18-24-32,33-25-19-16-20-26-33)38(45)40-36-34(30(2)3)27-22-28-35(36)31(4)5/h15-20,22-28,30-31H,6-14,21,29H2,1-5H3,(H,40,45). The van der Waals surface area contributed by atoms with Crippen LogP contribution < -0.4 is 5.32 Å². The zero-order valence-electron chi connectivity index (χ0n) is 28.1. The van der Waals surface area contributed by atoms with Crippen molar-refractivity contribution in [2.75, 3.05) is 5.32 Å². The van der Waals surface area contributed by atoms with Crippen molar-refractivity contribution in [3.63, 3.8) is 0 Å². The molecule has 1 aromatic heterocycles. The molecule has 0 atom stereocenters. The van der Waals surface area contributed by atoms with Crippen molar-refractivity contribution in [3.05, 3.63) is 107 Å². The topological polar surface area (TPSA) is 72.7 Å². The lowest BCUT2D eigenvalue weighted by Gasteiger charge is -2.32. The zero-order chi connectivity index (χ0) is 32.1. The van der Waals surface area contributed by atoms with Gasteiger partial charge in [-0.3, -0.25) is 4.79 Å². The lowest BCUT2D eigenvalue weighted by atomic mass is 9.72. The van der Waals surface area contributed by atoms with E-state index in [0.29, 0.717) is 12.4 Å². The monoisotopic (exact) mass is 607 g/mol. The van der Waals surface area contributed by atoms with Gasteiger partial charge < -0.3 is 5.32 Å². The van der Waals surface area contributed by atoms with Crippen LogP contribution in [0.2, 0.25) is 0 Å². The highest BCUT2D eigenvalue weighted by molar-refractivity contribution is 6.05. The maximum atomic E-state index is 15.0. The summed E-state index contributed by atoms with van der Waals surface area (Å²) < 4.78 is 0. The van der Waals surface area contributed by atoms with E-state index in [1.54, 1.807) is 4.80 Å². The normalized spacial score (nSPS) is 11.8. The molecule has 0 unspecified atom stereocenters. The number of anilines is 1. The van der Waals surface area contributed by atoms with Crippen LogP contribution in [0.25, 0.3) is 0 Å². The molecule has 4 aromatic rings. The predicted molar refractivity (Wildman–Crippen MR) is 186 cm³/mol. The molecule has 1 N–H and O–H groups in total. The minimum Gasteiger partial charge on any atom is -0.324 e. The number of aromatic nitrogens is 4. The number of unbranched alkanes of at least 4 members (excludes halogenated alkanes) is 9. The molecule has 0 fully saturated rings. The van der Waals surface area contributed by atoms with Gasteiger partial charge in [0.1, 0.15) is 0 Å². The number of amides is 1. The summed E-state index contributed by atoms with van der Waals surface area (Å²) >= 11 is 0. The number of rotatable bonds is 18. The first kappa shape index (κ1) is 34.1. The maximum Gasteiger partial charge on any atom is 0.247 e. The van der Waals surface area contributed by atoms with Gasteiger partial charge in [-0.15, -0.1) is 10.2 Å². The molecule has 0 bridgehead atoms. The van der Waals surface area contributed by atoms with E-state index in [1.807, 2.05) is 60.7 Å². The fourth-order valence-electron chi connectivity index (χ4n) is 6.30. The number of aryl methyl sites for hydroxylation is 1. The quantitative estimate of drug-likeness (QED) is 0.114. The average molecular weight is 608 g/mol. The van der Waals surface area contributed by atoms with Crippen molar-refractivity contribution in [1.29, 1.82) is 0 Å². The second-order valence-electron chi connectivity index (χ2n) is 12.9. The fraction of sp³-hybridized carbons (Fsp3) is 0.487. The third kappa shape index (κ3) is 8.47. The molecule has 0 radical (unpaired) electrons. The highest BCUT2D eigenvalue weighted by atomic mass is 16.2. The Morgan fingerprint density at radius 1 is 0.689 bits per heavy atom. The number of carbonyl (C=O) groups is 1. The summed E-state index contributed by atoms with van der Waals surface area (Å²) in [4.78, 5) is 16.7. The van der Waals surface area contributed by atoms with E-state index in [9.17, 15) is 0 Å². The van der Waals surface area contributed by atoms with Crippen molar-refractivity contribution in [2.24, 2.45) is 0 Å². The van der Waals surface area contributed by atoms with E-state index < -0.39 is 5.41 Å². The summed E-state index contributed by atoms with van der Waals surface area (Å²) in [6.07, 6.45) is 12.7. The Morgan fingerprint density at radius 2 is 1.18 bits per heavy atom. The first-order chi connectivity index (χ1) is 21.9. The number of hydrogen-bond acceptors (Lipinski definition) is 4. The molecule has 6 nitrogen and oxygen atoms in total. The van der Waals surface area contributed by atoms with Gasteiger partial charge >= 0.3 is 0 Å². The average Bonchev–Trinajstić information content (AvgIpc) is 3.52. The second kappa shape index (κ2) is 17.0. The highest BCUT2D eigenvalue weighted by Crippen LogP contribution is 2.40. The van der Waals surface area contributed by atoms with Gasteiger partial charge in [-0.2, -0.15) is 4.80 Å². The van der Waals surface area contributed by atoms with E-state index in [4.69, 9.17) is 5.10 Å². The van der Waals surface area contributed by atoms with Crippen molar-refractivity contribution < 1.29 is 4.79 Å². The van der Waals surface area contributed by atoms with Crippen molar-refractivity contribution in [1.82, 2.24) is 20.2 Å². The van der Waals surface area contributed by atoms with E-state index >= 15 is 4.79 Å². The van der Waals surface area contributed by atoms with Crippen LogP contribution in [0.4, 0.5) is 5.69 Å². The predicted octanol–water partition coefficient (Wildman–Crippen LogP) is 9.81. The number of tetrazole rings is 1. The maximum absolute atomic E-state index is 15.0. The second-order valence-corrected chi connectivity index (χ2v) is 12.9. The van der Waals surface area contributed by atoms with Gasteiger partial charge in [0, 0.05) is 5.69 Å². The van der Waals surface area contributed by atoms with Gasteiger partial charge in [0.15, 0.2) is 11.2 Å². The molecule has 45 heavy (non-hydrogen) atoms. The summed E-state index contributed by atoms with van der Waals surface area (Å²) in [7, 11) is 0. The number of carbonyl (C=O) groups excluding carboxylic acids is 1. The summed E-state index contributed by atoms with van der Waals surface area (Å²) in [5, 5.41) is 17.4. The molecule has 0 aliphatic rings. The van der Waals surface area contributed by atoms with Crippen LogP contribution >= 0.6 is 0 Å². The van der Waals surface area contributed by atoms with Gasteiger partial charge in [-0.1, -0.05) is 171 Å². The molecule has 1 amide bonds. The molecular formula is C39H53N5O. The van der Waals surface area contributed by atoms with Crippen molar-refractivity contribution in [3.8, 4) is 0 Å². The number of para-hydroxylation sites is 1. The number of nitrogens with one attached hydrogen (secondary N) is 1. The summed E-state index contributed by atoms with van der Waals surface area (Å²) in [6, 6.07) is 26.1. The summed E-state index contributed by atoms with van der Waals surface area (Å²) in [6.45, 7) is 11.6. The van der Waals surface area contributed by atoms with Gasteiger partial charge in [-0.25, -0.2) is 0 Å². The van der Waals surface area contributed by atoms with Crippen molar-refractivity contribution >= 4 is 11.6 Å². The van der Waals surface area contributed by atoms with Crippen LogP contribution in [-0.4, -0.2) is 26.1 Å². The Morgan fingerprint density at radius 3 is 1.67 bits per heavy atom. The molecule has 0 aliphatic heterocycles. The number of hydrogen-bond donors (Lipinski definition) is 1. The molecule has 0 saturated heterocycles. The molecular weight excluding hydrogens is 554 g/mol. The largest absolute Gasteiger partial charge is 0.324 e. The summed E-state index contributed by atoms with van der Waals surface area (Å²) in [5.74, 6) is 0.676. The van der Waals surface area contributed by atoms with Crippen LogP contribution in [-0.2, 0) is 16.8 Å². The van der Waals surface area contributed by atoms with Gasteiger partial charge in [0.25, 0.3) is 0 Å². The molecule has 3 aromatic carbocycles. The zero-order valence-corrected chi connectivity index (χ0v) is 28.1. The first-order valence-electron chi connectivity index (χ1n) is 17.2. The van der Waals surface area contributed by atoms with Crippen LogP contribution in [0.5, 0.6) is 0 Å². The van der Waals surface area contributed by atoms with Gasteiger partial charge in [-0.05, 0) is 45.7 Å². The van der Waals surface area contributed by atoms with Gasteiger partial charge in [0.05, 0.1) is 6.54 Å². The Hall–Kier alpha value is -3.80. The fourth-order valence-corrected chi connectivity index (χ4v) is 6.30.